The van der Waals surface area contributed by atoms with Crippen molar-refractivity contribution in [2.24, 2.45) is 0 Å². The fourth-order valence-corrected chi connectivity index (χ4v) is 2.74. The zero-order chi connectivity index (χ0) is 15.0. The number of nitro groups is 1. The minimum atomic E-state index is -0.556. The van der Waals surface area contributed by atoms with Gasteiger partial charge in [-0.1, -0.05) is 24.3 Å². The molecule has 5 heteroatoms. The number of hydrogen-bond acceptors (Lipinski definition) is 3. The van der Waals surface area contributed by atoms with Crippen molar-refractivity contribution >= 4 is 11.4 Å². The second-order valence-corrected chi connectivity index (χ2v) is 5.36. The van der Waals surface area contributed by atoms with Gasteiger partial charge >= 0.3 is 0 Å². The molecule has 0 radical (unpaired) electrons. The van der Waals surface area contributed by atoms with Crippen LogP contribution in [0, 0.1) is 22.9 Å². The summed E-state index contributed by atoms with van der Waals surface area (Å²) < 4.78 is 13.5. The fourth-order valence-electron chi connectivity index (χ4n) is 2.74. The second-order valence-electron chi connectivity index (χ2n) is 5.36. The van der Waals surface area contributed by atoms with Crippen molar-refractivity contribution in [2.75, 3.05) is 11.9 Å². The van der Waals surface area contributed by atoms with Gasteiger partial charge in [-0.05, 0) is 36.1 Å². The van der Waals surface area contributed by atoms with Gasteiger partial charge in [-0.15, -0.1) is 0 Å². The lowest BCUT2D eigenvalue weighted by Gasteiger charge is -2.30. The Bertz CT molecular complexity index is 715. The van der Waals surface area contributed by atoms with Crippen LogP contribution in [0.1, 0.15) is 22.6 Å². The minimum absolute atomic E-state index is 0.217. The van der Waals surface area contributed by atoms with Crippen molar-refractivity contribution in [1.29, 1.82) is 0 Å². The Hall–Kier alpha value is -2.43. The second kappa shape index (κ2) is 5.16. The Morgan fingerprint density at radius 3 is 2.86 bits per heavy atom. The lowest BCUT2D eigenvalue weighted by atomic mass is 9.77. The first kappa shape index (κ1) is 13.5. The summed E-state index contributed by atoms with van der Waals surface area (Å²) in [5.74, 6) is -0.201. The maximum Gasteiger partial charge on any atom is 0.295 e. The molecule has 1 N–H and O–H groups in total. The third-order valence-electron chi connectivity index (χ3n) is 3.97. The zero-order valence-electron chi connectivity index (χ0n) is 11.6. The Morgan fingerprint density at radius 1 is 1.38 bits per heavy atom. The average Bonchev–Trinajstić information content (AvgIpc) is 2.43. The molecule has 3 rings (SSSR count). The summed E-state index contributed by atoms with van der Waals surface area (Å²) in [4.78, 5) is 10.5. The number of fused-ring (bicyclic) bond motifs is 1. The van der Waals surface area contributed by atoms with E-state index in [1.54, 1.807) is 6.92 Å². The van der Waals surface area contributed by atoms with E-state index in [2.05, 4.69) is 17.4 Å². The van der Waals surface area contributed by atoms with Gasteiger partial charge < -0.3 is 5.32 Å². The van der Waals surface area contributed by atoms with Crippen LogP contribution in [0.15, 0.2) is 36.4 Å². The molecule has 108 valence electrons. The molecule has 0 bridgehead atoms. The first-order valence-electron chi connectivity index (χ1n) is 6.82. The molecule has 0 aromatic heterocycles. The quantitative estimate of drug-likeness (QED) is 0.687. The summed E-state index contributed by atoms with van der Waals surface area (Å²) in [7, 11) is 0. The molecule has 1 aliphatic carbocycles. The molecule has 1 unspecified atom stereocenters. The van der Waals surface area contributed by atoms with Gasteiger partial charge in [-0.25, -0.2) is 4.39 Å². The van der Waals surface area contributed by atoms with Crippen molar-refractivity contribution in [3.05, 3.63) is 69.0 Å². The third-order valence-corrected chi connectivity index (χ3v) is 3.97. The normalized spacial score (nSPS) is 16.0. The molecule has 0 spiro atoms. The average molecular weight is 286 g/mol. The van der Waals surface area contributed by atoms with Crippen LogP contribution in [0.25, 0.3) is 0 Å². The highest BCUT2D eigenvalue weighted by molar-refractivity contribution is 5.63. The standard InChI is InChI=1S/C16H15FN2O2/c1-10-6-15(16(19(20)21)8-14(10)17)18-9-12-7-11-4-2-3-5-13(11)12/h2-6,8,12,18H,7,9H2,1H3. The highest BCUT2D eigenvalue weighted by Gasteiger charge is 2.26. The highest BCUT2D eigenvalue weighted by atomic mass is 19.1. The van der Waals surface area contributed by atoms with Crippen molar-refractivity contribution in [1.82, 2.24) is 0 Å². The van der Waals surface area contributed by atoms with Gasteiger partial charge in [0.1, 0.15) is 11.5 Å². The Labute approximate surface area is 121 Å². The van der Waals surface area contributed by atoms with Crippen LogP contribution in [0.2, 0.25) is 0 Å². The molecular weight excluding hydrogens is 271 g/mol. The molecule has 4 nitrogen and oxygen atoms in total. The van der Waals surface area contributed by atoms with Crippen molar-refractivity contribution in [3.8, 4) is 0 Å². The van der Waals surface area contributed by atoms with E-state index in [4.69, 9.17) is 0 Å². The van der Waals surface area contributed by atoms with E-state index in [1.165, 1.54) is 17.2 Å². The van der Waals surface area contributed by atoms with E-state index in [0.717, 1.165) is 12.5 Å². The molecule has 0 saturated heterocycles. The van der Waals surface area contributed by atoms with Crippen LogP contribution in [0.3, 0.4) is 0 Å². The van der Waals surface area contributed by atoms with E-state index in [9.17, 15) is 14.5 Å². The first-order chi connectivity index (χ1) is 10.1. The number of rotatable bonds is 4. The molecule has 0 aliphatic heterocycles. The van der Waals surface area contributed by atoms with E-state index >= 15 is 0 Å². The fraction of sp³-hybridized carbons (Fsp3) is 0.250. The monoisotopic (exact) mass is 286 g/mol. The first-order valence-corrected chi connectivity index (χ1v) is 6.82. The molecule has 0 heterocycles. The number of hydrogen-bond donors (Lipinski definition) is 1. The topological polar surface area (TPSA) is 55.2 Å². The molecule has 2 aromatic carbocycles. The van der Waals surface area contributed by atoms with Crippen LogP contribution in [0.4, 0.5) is 15.8 Å². The molecule has 2 aromatic rings. The number of nitrogens with zero attached hydrogens (tertiary/aromatic N) is 1. The molecule has 0 saturated carbocycles. The SMILES string of the molecule is Cc1cc(NCC2Cc3ccccc32)c([N+](=O)[O-])cc1F. The minimum Gasteiger partial charge on any atom is -0.379 e. The molecule has 21 heavy (non-hydrogen) atoms. The summed E-state index contributed by atoms with van der Waals surface area (Å²) in [5, 5.41) is 14.1. The van der Waals surface area contributed by atoms with Crippen LogP contribution < -0.4 is 5.32 Å². The van der Waals surface area contributed by atoms with Gasteiger partial charge in [-0.2, -0.15) is 0 Å². The molecular formula is C16H15FN2O2. The largest absolute Gasteiger partial charge is 0.379 e. The van der Waals surface area contributed by atoms with E-state index in [1.807, 2.05) is 12.1 Å². The van der Waals surface area contributed by atoms with E-state index in [-0.39, 0.29) is 5.69 Å². The highest BCUT2D eigenvalue weighted by Crippen LogP contribution is 2.36. The van der Waals surface area contributed by atoms with Crippen LogP contribution in [0.5, 0.6) is 0 Å². The van der Waals surface area contributed by atoms with Crippen molar-refractivity contribution in [3.63, 3.8) is 0 Å². The lowest BCUT2D eigenvalue weighted by molar-refractivity contribution is -0.384. The molecule has 0 amide bonds. The Kier molecular flexibility index (Phi) is 3.33. The maximum absolute atomic E-state index is 13.5. The van der Waals surface area contributed by atoms with Crippen LogP contribution in [-0.4, -0.2) is 11.5 Å². The third kappa shape index (κ3) is 2.46. The summed E-state index contributed by atoms with van der Waals surface area (Å²) in [6.07, 6.45) is 0.969. The number of anilines is 1. The number of aryl methyl sites for hydroxylation is 1. The molecule has 0 fully saturated rings. The number of halogens is 1. The number of benzene rings is 2. The van der Waals surface area contributed by atoms with Gasteiger partial charge in [0.05, 0.1) is 11.0 Å². The Morgan fingerprint density at radius 2 is 2.14 bits per heavy atom. The molecule has 1 atom stereocenters. The van der Waals surface area contributed by atoms with Gasteiger partial charge in [0.15, 0.2) is 0 Å². The van der Waals surface area contributed by atoms with Crippen LogP contribution in [-0.2, 0) is 6.42 Å². The van der Waals surface area contributed by atoms with Gasteiger partial charge in [0.25, 0.3) is 5.69 Å². The van der Waals surface area contributed by atoms with E-state index < -0.39 is 10.7 Å². The van der Waals surface area contributed by atoms with Gasteiger partial charge in [-0.3, -0.25) is 10.1 Å². The summed E-state index contributed by atoms with van der Waals surface area (Å²) in [5.41, 5.74) is 3.17. The predicted octanol–water partition coefficient (Wildman–Crippen LogP) is 3.79. The summed E-state index contributed by atoms with van der Waals surface area (Å²) >= 11 is 0. The van der Waals surface area contributed by atoms with Gasteiger partial charge in [0, 0.05) is 12.5 Å². The lowest BCUT2D eigenvalue weighted by Crippen LogP contribution is -2.24. The number of nitrogens with one attached hydrogen (secondary N) is 1. The summed E-state index contributed by atoms with van der Waals surface area (Å²) in [6.45, 7) is 2.21. The number of nitro benzene ring substituents is 1. The maximum atomic E-state index is 13.5. The van der Waals surface area contributed by atoms with Crippen LogP contribution >= 0.6 is 0 Å². The Balaban J connectivity index is 1.77. The van der Waals surface area contributed by atoms with Crippen molar-refractivity contribution < 1.29 is 9.31 Å². The molecule has 1 aliphatic rings. The van der Waals surface area contributed by atoms with Gasteiger partial charge in [0.2, 0.25) is 0 Å². The zero-order valence-corrected chi connectivity index (χ0v) is 11.6. The summed E-state index contributed by atoms with van der Waals surface area (Å²) in [6, 6.07) is 10.7. The predicted molar refractivity (Wildman–Crippen MR) is 79.2 cm³/mol. The smallest absolute Gasteiger partial charge is 0.295 e. The van der Waals surface area contributed by atoms with Crippen molar-refractivity contribution in [2.45, 2.75) is 19.3 Å². The van der Waals surface area contributed by atoms with E-state index in [0.29, 0.717) is 23.7 Å².